The van der Waals surface area contributed by atoms with Gasteiger partial charge in [-0.3, -0.25) is 14.5 Å². The summed E-state index contributed by atoms with van der Waals surface area (Å²) in [6.45, 7) is 5.51. The van der Waals surface area contributed by atoms with Crippen molar-refractivity contribution in [2.75, 3.05) is 26.2 Å². The first-order valence-corrected chi connectivity index (χ1v) is 7.88. The monoisotopic (exact) mass is 280 g/mol. The van der Waals surface area contributed by atoms with Crippen LogP contribution in [0.4, 0.5) is 0 Å². The molecule has 3 aliphatic heterocycles. The minimum Gasteiger partial charge on any atom is -0.461 e. The molecule has 0 aromatic heterocycles. The second-order valence-electron chi connectivity index (χ2n) is 6.34. The van der Waals surface area contributed by atoms with Gasteiger partial charge in [0, 0.05) is 25.4 Å². The molecule has 0 radical (unpaired) electrons. The summed E-state index contributed by atoms with van der Waals surface area (Å²) in [6, 6.07) is -0.0761. The standard InChI is InChI=1S/C15H24N2O3/c1-11-10-13(15(19)20-11)16-8-4-12(5-9-16)14(18)17-6-2-3-7-17/h11-13H,2-10H2,1H3. The number of cyclic esters (lactones) is 1. The van der Waals surface area contributed by atoms with Gasteiger partial charge in [0.1, 0.15) is 12.1 Å². The molecule has 3 fully saturated rings. The Morgan fingerprint density at radius 1 is 1.15 bits per heavy atom. The molecule has 112 valence electrons. The lowest BCUT2D eigenvalue weighted by molar-refractivity contribution is -0.145. The molecule has 3 rings (SSSR count). The summed E-state index contributed by atoms with van der Waals surface area (Å²) in [5.41, 5.74) is 0. The van der Waals surface area contributed by atoms with Crippen LogP contribution in [0.1, 0.15) is 39.0 Å². The molecule has 3 heterocycles. The van der Waals surface area contributed by atoms with Crippen LogP contribution >= 0.6 is 0 Å². The first-order valence-electron chi connectivity index (χ1n) is 7.88. The largest absolute Gasteiger partial charge is 0.461 e. The summed E-state index contributed by atoms with van der Waals surface area (Å²) in [6.07, 6.45) is 4.90. The molecular weight excluding hydrogens is 256 g/mol. The average Bonchev–Trinajstić information content (AvgIpc) is 3.08. The number of amides is 1. The van der Waals surface area contributed by atoms with E-state index >= 15 is 0 Å². The van der Waals surface area contributed by atoms with Crippen LogP contribution in [-0.4, -0.2) is 60.0 Å². The highest BCUT2D eigenvalue weighted by atomic mass is 16.6. The molecule has 20 heavy (non-hydrogen) atoms. The van der Waals surface area contributed by atoms with Crippen LogP contribution in [0.25, 0.3) is 0 Å². The molecule has 0 spiro atoms. The molecule has 2 atom stereocenters. The molecule has 5 nitrogen and oxygen atoms in total. The van der Waals surface area contributed by atoms with Crippen molar-refractivity contribution in [2.24, 2.45) is 5.92 Å². The molecule has 2 unspecified atom stereocenters. The fraction of sp³-hybridized carbons (Fsp3) is 0.867. The van der Waals surface area contributed by atoms with Gasteiger partial charge in [0.15, 0.2) is 0 Å². The van der Waals surface area contributed by atoms with E-state index in [0.29, 0.717) is 5.91 Å². The smallest absolute Gasteiger partial charge is 0.323 e. The number of nitrogens with zero attached hydrogens (tertiary/aromatic N) is 2. The van der Waals surface area contributed by atoms with E-state index in [1.54, 1.807) is 0 Å². The van der Waals surface area contributed by atoms with Crippen LogP contribution in [0.3, 0.4) is 0 Å². The summed E-state index contributed by atoms with van der Waals surface area (Å²) in [5, 5.41) is 0. The summed E-state index contributed by atoms with van der Waals surface area (Å²) >= 11 is 0. The van der Waals surface area contributed by atoms with Crippen molar-refractivity contribution in [1.29, 1.82) is 0 Å². The zero-order valence-corrected chi connectivity index (χ0v) is 12.2. The maximum absolute atomic E-state index is 12.4. The van der Waals surface area contributed by atoms with E-state index in [0.717, 1.165) is 58.3 Å². The Kier molecular flexibility index (Phi) is 3.96. The van der Waals surface area contributed by atoms with Crippen LogP contribution in [0.2, 0.25) is 0 Å². The predicted molar refractivity (Wildman–Crippen MR) is 74.1 cm³/mol. The number of rotatable bonds is 2. The van der Waals surface area contributed by atoms with E-state index in [-0.39, 0.29) is 24.0 Å². The number of ether oxygens (including phenoxy) is 1. The topological polar surface area (TPSA) is 49.9 Å². The van der Waals surface area contributed by atoms with Gasteiger partial charge >= 0.3 is 5.97 Å². The van der Waals surface area contributed by atoms with Crippen molar-refractivity contribution in [3.63, 3.8) is 0 Å². The molecule has 5 heteroatoms. The van der Waals surface area contributed by atoms with Gasteiger partial charge in [0.2, 0.25) is 5.91 Å². The number of esters is 1. The number of hydrogen-bond donors (Lipinski definition) is 0. The summed E-state index contributed by atoms with van der Waals surface area (Å²) < 4.78 is 5.23. The normalized spacial score (nSPS) is 32.6. The minimum atomic E-state index is -0.0816. The van der Waals surface area contributed by atoms with Crippen molar-refractivity contribution in [3.8, 4) is 0 Å². The Labute approximate surface area is 120 Å². The van der Waals surface area contributed by atoms with Crippen LogP contribution in [0.5, 0.6) is 0 Å². The van der Waals surface area contributed by atoms with Crippen molar-refractivity contribution in [2.45, 2.75) is 51.2 Å². The van der Waals surface area contributed by atoms with E-state index in [1.807, 2.05) is 11.8 Å². The van der Waals surface area contributed by atoms with Gasteiger partial charge in [-0.1, -0.05) is 0 Å². The van der Waals surface area contributed by atoms with Gasteiger partial charge < -0.3 is 9.64 Å². The highest BCUT2D eigenvalue weighted by Crippen LogP contribution is 2.27. The number of likely N-dealkylation sites (tertiary alicyclic amines) is 2. The first-order chi connectivity index (χ1) is 9.65. The lowest BCUT2D eigenvalue weighted by atomic mass is 9.94. The lowest BCUT2D eigenvalue weighted by Gasteiger charge is -2.35. The molecule has 0 bridgehead atoms. The van der Waals surface area contributed by atoms with Gasteiger partial charge in [-0.05, 0) is 45.7 Å². The Morgan fingerprint density at radius 3 is 2.35 bits per heavy atom. The van der Waals surface area contributed by atoms with Gasteiger partial charge in [0.05, 0.1) is 0 Å². The molecule has 0 N–H and O–H groups in total. The van der Waals surface area contributed by atoms with Crippen LogP contribution in [0, 0.1) is 5.92 Å². The fourth-order valence-electron chi connectivity index (χ4n) is 3.69. The SMILES string of the molecule is CC1CC(N2CCC(C(=O)N3CCCC3)CC2)C(=O)O1. The van der Waals surface area contributed by atoms with Crippen molar-refractivity contribution in [3.05, 3.63) is 0 Å². The average molecular weight is 280 g/mol. The third-order valence-corrected chi connectivity index (χ3v) is 4.88. The zero-order chi connectivity index (χ0) is 14.1. The molecule has 3 saturated heterocycles. The molecule has 0 aromatic carbocycles. The molecule has 0 aromatic rings. The third kappa shape index (κ3) is 2.68. The second-order valence-corrected chi connectivity index (χ2v) is 6.34. The second kappa shape index (κ2) is 5.72. The molecular formula is C15H24N2O3. The number of carbonyl (C=O) groups is 2. The van der Waals surface area contributed by atoms with Gasteiger partial charge in [-0.2, -0.15) is 0 Å². The molecule has 3 aliphatic rings. The predicted octanol–water partition coefficient (Wildman–Crippen LogP) is 1.02. The maximum Gasteiger partial charge on any atom is 0.323 e. The van der Waals surface area contributed by atoms with Crippen LogP contribution in [0.15, 0.2) is 0 Å². The number of carbonyl (C=O) groups excluding carboxylic acids is 2. The van der Waals surface area contributed by atoms with E-state index in [9.17, 15) is 9.59 Å². The molecule has 1 amide bonds. The van der Waals surface area contributed by atoms with E-state index in [1.165, 1.54) is 0 Å². The van der Waals surface area contributed by atoms with E-state index in [4.69, 9.17) is 4.74 Å². The lowest BCUT2D eigenvalue weighted by Crippen LogP contribution is -2.46. The Hall–Kier alpha value is -1.10. The Bertz CT molecular complexity index is 385. The molecule has 0 saturated carbocycles. The quantitative estimate of drug-likeness (QED) is 0.709. The zero-order valence-electron chi connectivity index (χ0n) is 12.2. The fourth-order valence-corrected chi connectivity index (χ4v) is 3.69. The van der Waals surface area contributed by atoms with Crippen LogP contribution < -0.4 is 0 Å². The summed E-state index contributed by atoms with van der Waals surface area (Å²) in [5.74, 6) is 0.422. The van der Waals surface area contributed by atoms with E-state index in [2.05, 4.69) is 4.90 Å². The van der Waals surface area contributed by atoms with Crippen molar-refractivity contribution >= 4 is 11.9 Å². The van der Waals surface area contributed by atoms with Crippen LogP contribution in [-0.2, 0) is 14.3 Å². The minimum absolute atomic E-state index is 0.0384. The first kappa shape index (κ1) is 13.9. The van der Waals surface area contributed by atoms with Crippen molar-refractivity contribution in [1.82, 2.24) is 9.80 Å². The highest BCUT2D eigenvalue weighted by molar-refractivity contribution is 5.80. The van der Waals surface area contributed by atoms with Gasteiger partial charge in [0.25, 0.3) is 0 Å². The summed E-state index contributed by atoms with van der Waals surface area (Å²) in [4.78, 5) is 28.4. The van der Waals surface area contributed by atoms with Gasteiger partial charge in [-0.25, -0.2) is 0 Å². The number of piperidine rings is 1. The Morgan fingerprint density at radius 2 is 1.80 bits per heavy atom. The van der Waals surface area contributed by atoms with E-state index < -0.39 is 0 Å². The summed E-state index contributed by atoms with van der Waals surface area (Å²) in [7, 11) is 0. The number of hydrogen-bond acceptors (Lipinski definition) is 4. The maximum atomic E-state index is 12.4. The van der Waals surface area contributed by atoms with Gasteiger partial charge in [-0.15, -0.1) is 0 Å². The molecule has 0 aliphatic carbocycles. The highest BCUT2D eigenvalue weighted by Gasteiger charge is 2.39. The van der Waals surface area contributed by atoms with Crippen molar-refractivity contribution < 1.29 is 14.3 Å². The Balaban J connectivity index is 1.51. The third-order valence-electron chi connectivity index (χ3n) is 4.88.